The summed E-state index contributed by atoms with van der Waals surface area (Å²) in [4.78, 5) is 0. The van der Waals surface area contributed by atoms with Crippen LogP contribution in [0.1, 0.15) is 25.7 Å². The van der Waals surface area contributed by atoms with Crippen LogP contribution in [0.3, 0.4) is 0 Å². The van der Waals surface area contributed by atoms with Gasteiger partial charge in [-0.2, -0.15) is 0 Å². The van der Waals surface area contributed by atoms with Gasteiger partial charge >= 0.3 is 0 Å². The number of nitrogens with one attached hydrogen (secondary N) is 1. The highest BCUT2D eigenvalue weighted by Crippen LogP contribution is 2.28. The minimum atomic E-state index is -0.568. The topological polar surface area (TPSA) is 21.3 Å². The molecular formula is C13H16BrF2NO. The highest BCUT2D eigenvalue weighted by atomic mass is 79.9. The Bertz CT molecular complexity index is 404. The van der Waals surface area contributed by atoms with Crippen LogP contribution in [-0.2, 0) is 4.74 Å². The van der Waals surface area contributed by atoms with E-state index in [2.05, 4.69) is 21.2 Å². The lowest BCUT2D eigenvalue weighted by Gasteiger charge is -2.29. The van der Waals surface area contributed by atoms with E-state index in [0.29, 0.717) is 4.47 Å². The summed E-state index contributed by atoms with van der Waals surface area (Å²) in [6.07, 6.45) is 3.90. The molecule has 1 aliphatic rings. The van der Waals surface area contributed by atoms with Gasteiger partial charge < -0.3 is 10.1 Å². The summed E-state index contributed by atoms with van der Waals surface area (Å²) < 4.78 is 33.1. The van der Waals surface area contributed by atoms with Gasteiger partial charge in [0.1, 0.15) is 17.3 Å². The van der Waals surface area contributed by atoms with E-state index in [1.165, 1.54) is 12.1 Å². The van der Waals surface area contributed by atoms with Crippen molar-refractivity contribution in [1.82, 2.24) is 0 Å². The Kier molecular flexibility index (Phi) is 4.56. The van der Waals surface area contributed by atoms with Crippen molar-refractivity contribution < 1.29 is 13.5 Å². The van der Waals surface area contributed by atoms with Crippen molar-refractivity contribution in [2.75, 3.05) is 12.4 Å². The van der Waals surface area contributed by atoms with Gasteiger partial charge in [0, 0.05) is 17.6 Å². The summed E-state index contributed by atoms with van der Waals surface area (Å²) in [5.41, 5.74) is -0.0417. The number of ether oxygens (including phenoxy) is 1. The normalized spacial score (nSPS) is 24.0. The summed E-state index contributed by atoms with van der Waals surface area (Å²) >= 11 is 3.07. The van der Waals surface area contributed by atoms with Crippen LogP contribution in [0.4, 0.5) is 14.5 Å². The highest BCUT2D eigenvalue weighted by Gasteiger charge is 2.23. The number of hydrogen-bond donors (Lipinski definition) is 1. The second-order valence-electron chi connectivity index (χ2n) is 4.61. The minimum absolute atomic E-state index is 0.0417. The van der Waals surface area contributed by atoms with E-state index in [-0.39, 0.29) is 17.8 Å². The molecule has 0 radical (unpaired) electrons. The van der Waals surface area contributed by atoms with Crippen LogP contribution in [0.25, 0.3) is 0 Å². The molecule has 0 aliphatic heterocycles. The fraction of sp³-hybridized carbons (Fsp3) is 0.538. The summed E-state index contributed by atoms with van der Waals surface area (Å²) in [6, 6.07) is 2.60. The van der Waals surface area contributed by atoms with E-state index in [1.54, 1.807) is 7.11 Å². The first-order valence-electron chi connectivity index (χ1n) is 6.04. The molecule has 1 aliphatic carbocycles. The van der Waals surface area contributed by atoms with Gasteiger partial charge in [-0.25, -0.2) is 8.78 Å². The number of anilines is 1. The molecule has 100 valence electrons. The average Bonchev–Trinajstić information content (AvgIpc) is 2.34. The van der Waals surface area contributed by atoms with Crippen LogP contribution in [0, 0.1) is 11.6 Å². The van der Waals surface area contributed by atoms with E-state index in [0.717, 1.165) is 25.7 Å². The van der Waals surface area contributed by atoms with Crippen molar-refractivity contribution in [1.29, 1.82) is 0 Å². The molecule has 1 aromatic rings. The van der Waals surface area contributed by atoms with Crippen LogP contribution in [0.15, 0.2) is 16.6 Å². The Labute approximate surface area is 114 Å². The molecule has 0 amide bonds. The van der Waals surface area contributed by atoms with E-state index < -0.39 is 11.6 Å². The molecule has 0 saturated heterocycles. The van der Waals surface area contributed by atoms with Crippen LogP contribution < -0.4 is 5.32 Å². The maximum absolute atomic E-state index is 13.7. The van der Waals surface area contributed by atoms with Crippen LogP contribution in [0.5, 0.6) is 0 Å². The van der Waals surface area contributed by atoms with E-state index in [9.17, 15) is 8.78 Å². The van der Waals surface area contributed by atoms with Gasteiger partial charge in [0.2, 0.25) is 0 Å². The number of hydrogen-bond acceptors (Lipinski definition) is 2. The van der Waals surface area contributed by atoms with Gasteiger partial charge in [-0.05, 0) is 37.8 Å². The number of benzene rings is 1. The molecule has 2 atom stereocenters. The van der Waals surface area contributed by atoms with Crippen molar-refractivity contribution in [3.05, 3.63) is 28.2 Å². The average molecular weight is 320 g/mol. The molecule has 2 unspecified atom stereocenters. The fourth-order valence-electron chi connectivity index (χ4n) is 2.37. The molecule has 1 N–H and O–H groups in total. The van der Waals surface area contributed by atoms with Crippen LogP contribution in [-0.4, -0.2) is 19.3 Å². The molecule has 1 saturated carbocycles. The Balaban J connectivity index is 2.09. The largest absolute Gasteiger partial charge is 0.381 e. The van der Waals surface area contributed by atoms with Crippen LogP contribution >= 0.6 is 15.9 Å². The maximum atomic E-state index is 13.7. The van der Waals surface area contributed by atoms with Gasteiger partial charge in [-0.1, -0.05) is 15.9 Å². The molecule has 1 fully saturated rings. The Morgan fingerprint density at radius 1 is 1.28 bits per heavy atom. The molecule has 5 heteroatoms. The molecule has 0 heterocycles. The molecule has 1 aromatic carbocycles. The van der Waals surface area contributed by atoms with E-state index in [4.69, 9.17) is 4.74 Å². The van der Waals surface area contributed by atoms with Gasteiger partial charge in [-0.3, -0.25) is 0 Å². The molecule has 2 rings (SSSR count). The third-order valence-corrected chi connectivity index (χ3v) is 3.77. The Morgan fingerprint density at radius 3 is 2.56 bits per heavy atom. The quantitative estimate of drug-likeness (QED) is 0.905. The van der Waals surface area contributed by atoms with Gasteiger partial charge in [-0.15, -0.1) is 0 Å². The van der Waals surface area contributed by atoms with E-state index in [1.807, 2.05) is 0 Å². The standard InChI is InChI=1S/C13H16BrF2NO/c1-18-10-4-2-3-9(7-10)17-13-11(15)5-8(14)6-12(13)16/h5-6,9-10,17H,2-4,7H2,1H3. The van der Waals surface area contributed by atoms with Crippen molar-refractivity contribution in [3.63, 3.8) is 0 Å². The maximum Gasteiger partial charge on any atom is 0.150 e. The zero-order valence-corrected chi connectivity index (χ0v) is 11.8. The summed E-state index contributed by atoms with van der Waals surface area (Å²) in [5.74, 6) is -1.14. The molecule has 18 heavy (non-hydrogen) atoms. The lowest BCUT2D eigenvalue weighted by atomic mass is 9.92. The van der Waals surface area contributed by atoms with Crippen molar-refractivity contribution in [2.45, 2.75) is 37.8 Å². The summed E-state index contributed by atoms with van der Waals surface area (Å²) in [7, 11) is 1.67. The summed E-state index contributed by atoms with van der Waals surface area (Å²) in [6.45, 7) is 0. The second kappa shape index (κ2) is 5.97. The first-order valence-corrected chi connectivity index (χ1v) is 6.83. The first kappa shape index (κ1) is 13.7. The molecule has 0 bridgehead atoms. The molecular weight excluding hydrogens is 304 g/mol. The number of methoxy groups -OCH3 is 1. The Morgan fingerprint density at radius 2 is 1.94 bits per heavy atom. The number of halogens is 3. The lowest BCUT2D eigenvalue weighted by Crippen LogP contribution is -2.31. The third-order valence-electron chi connectivity index (χ3n) is 3.31. The van der Waals surface area contributed by atoms with Crippen molar-refractivity contribution in [2.24, 2.45) is 0 Å². The number of rotatable bonds is 3. The molecule has 2 nitrogen and oxygen atoms in total. The second-order valence-corrected chi connectivity index (χ2v) is 5.53. The third kappa shape index (κ3) is 3.20. The zero-order valence-electron chi connectivity index (χ0n) is 10.2. The predicted octanol–water partition coefficient (Wildman–Crippen LogP) is 4.10. The Hall–Kier alpha value is -0.680. The fourth-order valence-corrected chi connectivity index (χ4v) is 2.78. The van der Waals surface area contributed by atoms with Crippen molar-refractivity contribution >= 4 is 21.6 Å². The lowest BCUT2D eigenvalue weighted by molar-refractivity contribution is 0.0668. The SMILES string of the molecule is COC1CCCC(Nc2c(F)cc(Br)cc2F)C1. The van der Waals surface area contributed by atoms with E-state index >= 15 is 0 Å². The zero-order chi connectivity index (χ0) is 13.1. The smallest absolute Gasteiger partial charge is 0.150 e. The minimum Gasteiger partial charge on any atom is -0.381 e. The van der Waals surface area contributed by atoms with Gasteiger partial charge in [0.15, 0.2) is 0 Å². The van der Waals surface area contributed by atoms with Crippen LogP contribution in [0.2, 0.25) is 0 Å². The first-order chi connectivity index (χ1) is 8.60. The monoisotopic (exact) mass is 319 g/mol. The van der Waals surface area contributed by atoms with Crippen molar-refractivity contribution in [3.8, 4) is 0 Å². The summed E-state index contributed by atoms with van der Waals surface area (Å²) in [5, 5.41) is 2.96. The van der Waals surface area contributed by atoms with Gasteiger partial charge in [0.25, 0.3) is 0 Å². The molecule has 0 spiro atoms. The highest BCUT2D eigenvalue weighted by molar-refractivity contribution is 9.10. The predicted molar refractivity (Wildman–Crippen MR) is 70.7 cm³/mol. The van der Waals surface area contributed by atoms with Gasteiger partial charge in [0.05, 0.1) is 6.10 Å². The molecule has 0 aromatic heterocycles.